The molecule has 60 heavy (non-hydrogen) atoms. The third kappa shape index (κ3) is 4.90. The van der Waals surface area contributed by atoms with E-state index >= 15 is 0 Å². The number of aromatic nitrogens is 4. The standard InChI is InChI=1S/C55H32N4O/c1-3-15-37-31-39(25-23-33(37)11-1)53-56-54(40-26-24-34-12-2-4-16-38(34)32-40)58-55(57-53)44-20-10-22-48-49(44)43-19-9-21-47(52(43)60-48)59-45-29-27-35-13-5-7-17-41(35)50(45)51-42-18-8-6-14-36(42)28-30-46(51)59/h1-32H. The molecule has 0 unspecified atom stereocenters. The van der Waals surface area contributed by atoms with Crippen LogP contribution in [0.1, 0.15) is 0 Å². The molecule has 5 heteroatoms. The highest BCUT2D eigenvalue weighted by molar-refractivity contribution is 6.29. The van der Waals surface area contributed by atoms with Gasteiger partial charge in [0.1, 0.15) is 5.58 Å². The molecule has 13 aromatic rings. The van der Waals surface area contributed by atoms with Crippen LogP contribution >= 0.6 is 0 Å². The van der Waals surface area contributed by atoms with Gasteiger partial charge in [-0.3, -0.25) is 0 Å². The Morgan fingerprint density at radius 3 is 1.43 bits per heavy atom. The smallest absolute Gasteiger partial charge is 0.164 e. The van der Waals surface area contributed by atoms with Crippen LogP contribution in [0.5, 0.6) is 0 Å². The summed E-state index contributed by atoms with van der Waals surface area (Å²) in [5, 5.41) is 13.9. The molecule has 0 aliphatic rings. The maximum atomic E-state index is 6.98. The Balaban J connectivity index is 1.07. The van der Waals surface area contributed by atoms with Crippen molar-refractivity contribution in [1.82, 2.24) is 19.5 Å². The Morgan fingerprint density at radius 2 is 0.833 bits per heavy atom. The van der Waals surface area contributed by atoms with E-state index in [1.54, 1.807) is 0 Å². The zero-order valence-corrected chi connectivity index (χ0v) is 32.2. The van der Waals surface area contributed by atoms with Crippen molar-refractivity contribution in [2.75, 3.05) is 0 Å². The molecule has 0 saturated carbocycles. The number of rotatable bonds is 4. The summed E-state index contributed by atoms with van der Waals surface area (Å²) in [6, 6.07) is 68.5. The maximum Gasteiger partial charge on any atom is 0.164 e. The topological polar surface area (TPSA) is 56.7 Å². The largest absolute Gasteiger partial charge is 0.454 e. The first-order valence-electron chi connectivity index (χ1n) is 20.3. The van der Waals surface area contributed by atoms with Crippen LogP contribution in [0.3, 0.4) is 0 Å². The summed E-state index contributed by atoms with van der Waals surface area (Å²) < 4.78 is 9.36. The van der Waals surface area contributed by atoms with Crippen molar-refractivity contribution in [2.45, 2.75) is 0 Å². The molecule has 278 valence electrons. The normalized spacial score (nSPS) is 12.0. The molecule has 0 aliphatic heterocycles. The third-order valence-corrected chi connectivity index (χ3v) is 12.2. The lowest BCUT2D eigenvalue weighted by atomic mass is 10.00. The Kier molecular flexibility index (Phi) is 6.95. The predicted octanol–water partition coefficient (Wildman–Crippen LogP) is 14.5. The number of benzene rings is 10. The number of hydrogen-bond acceptors (Lipinski definition) is 4. The second-order valence-electron chi connectivity index (χ2n) is 15.6. The van der Waals surface area contributed by atoms with E-state index in [-0.39, 0.29) is 0 Å². The van der Waals surface area contributed by atoms with E-state index in [4.69, 9.17) is 19.4 Å². The van der Waals surface area contributed by atoms with Gasteiger partial charge in [0.2, 0.25) is 0 Å². The van der Waals surface area contributed by atoms with E-state index in [1.807, 2.05) is 12.1 Å². The van der Waals surface area contributed by atoms with Crippen LogP contribution in [0.2, 0.25) is 0 Å². The van der Waals surface area contributed by atoms with Gasteiger partial charge in [0, 0.05) is 38.2 Å². The van der Waals surface area contributed by atoms with Gasteiger partial charge in [-0.1, -0.05) is 158 Å². The molecule has 5 nitrogen and oxygen atoms in total. The maximum absolute atomic E-state index is 6.98. The van der Waals surface area contributed by atoms with Crippen LogP contribution < -0.4 is 0 Å². The fourth-order valence-corrected chi connectivity index (χ4v) is 9.41. The van der Waals surface area contributed by atoms with Crippen molar-refractivity contribution < 1.29 is 4.42 Å². The van der Waals surface area contributed by atoms with Gasteiger partial charge in [0.15, 0.2) is 23.1 Å². The molecule has 0 radical (unpaired) electrons. The highest BCUT2D eigenvalue weighted by atomic mass is 16.3. The highest BCUT2D eigenvalue weighted by Gasteiger charge is 2.23. The zero-order valence-electron chi connectivity index (χ0n) is 32.2. The third-order valence-electron chi connectivity index (χ3n) is 12.2. The van der Waals surface area contributed by atoms with E-state index < -0.39 is 0 Å². The predicted molar refractivity (Wildman–Crippen MR) is 248 cm³/mol. The quantitative estimate of drug-likeness (QED) is 0.179. The average Bonchev–Trinajstić information content (AvgIpc) is 3.88. The fourth-order valence-electron chi connectivity index (χ4n) is 9.41. The monoisotopic (exact) mass is 764 g/mol. The zero-order chi connectivity index (χ0) is 39.3. The van der Waals surface area contributed by atoms with Gasteiger partial charge >= 0.3 is 0 Å². The fraction of sp³-hybridized carbons (Fsp3) is 0. The Hall–Kier alpha value is -8.15. The van der Waals surface area contributed by atoms with Gasteiger partial charge < -0.3 is 8.98 Å². The summed E-state index contributed by atoms with van der Waals surface area (Å²) in [7, 11) is 0. The van der Waals surface area contributed by atoms with Gasteiger partial charge in [-0.05, 0) is 79.5 Å². The second-order valence-corrected chi connectivity index (χ2v) is 15.6. The first-order valence-corrected chi connectivity index (χ1v) is 20.3. The molecular weight excluding hydrogens is 733 g/mol. The summed E-state index contributed by atoms with van der Waals surface area (Å²) in [6.07, 6.45) is 0. The molecule has 0 saturated heterocycles. The number of para-hydroxylation sites is 1. The van der Waals surface area contributed by atoms with E-state index in [0.717, 1.165) is 66.1 Å². The van der Waals surface area contributed by atoms with Gasteiger partial charge in [-0.25, -0.2) is 15.0 Å². The molecule has 3 heterocycles. The lowest BCUT2D eigenvalue weighted by Crippen LogP contribution is -2.00. The summed E-state index contributed by atoms with van der Waals surface area (Å²) in [5.74, 6) is 1.82. The Morgan fingerprint density at radius 1 is 0.350 bits per heavy atom. The summed E-state index contributed by atoms with van der Waals surface area (Å²) in [5.41, 5.74) is 7.55. The first kappa shape index (κ1) is 32.9. The molecular formula is C55H32N4O. The lowest BCUT2D eigenvalue weighted by molar-refractivity contribution is 0.666. The molecule has 0 amide bonds. The number of fused-ring (bicyclic) bond motifs is 12. The second kappa shape index (κ2) is 12.7. The van der Waals surface area contributed by atoms with Gasteiger partial charge in [0.25, 0.3) is 0 Å². The van der Waals surface area contributed by atoms with Crippen molar-refractivity contribution in [3.63, 3.8) is 0 Å². The molecule has 0 bridgehead atoms. The first-order chi connectivity index (χ1) is 29.7. The van der Waals surface area contributed by atoms with Crippen LogP contribution in [-0.2, 0) is 0 Å². The SMILES string of the molecule is c1ccc2cc(-c3nc(-c4ccc5ccccc5c4)nc(-c4cccc5oc6c(-n7c8ccc9ccccc9c8c8c9ccccc9ccc87)cccc6c45)n3)ccc2c1. The number of furan rings is 1. The summed E-state index contributed by atoms with van der Waals surface area (Å²) in [4.78, 5) is 15.6. The van der Waals surface area contributed by atoms with Crippen LogP contribution in [-0.4, -0.2) is 19.5 Å². The molecule has 13 rings (SSSR count). The summed E-state index contributed by atoms with van der Waals surface area (Å²) >= 11 is 0. The molecule has 0 spiro atoms. The molecule has 10 aromatic carbocycles. The van der Waals surface area contributed by atoms with Crippen LogP contribution in [0, 0.1) is 0 Å². The Bertz CT molecular complexity index is 3720. The Labute approximate surface area is 343 Å². The lowest BCUT2D eigenvalue weighted by Gasteiger charge is -2.11. The van der Waals surface area contributed by atoms with Crippen LogP contribution in [0.15, 0.2) is 199 Å². The van der Waals surface area contributed by atoms with Crippen molar-refractivity contribution in [3.8, 4) is 39.9 Å². The number of hydrogen-bond donors (Lipinski definition) is 0. The van der Waals surface area contributed by atoms with Gasteiger partial charge in [0.05, 0.1) is 16.7 Å². The minimum absolute atomic E-state index is 0.588. The van der Waals surface area contributed by atoms with E-state index in [2.05, 4.69) is 187 Å². The summed E-state index contributed by atoms with van der Waals surface area (Å²) in [6.45, 7) is 0. The molecule has 0 atom stereocenters. The van der Waals surface area contributed by atoms with Crippen LogP contribution in [0.4, 0.5) is 0 Å². The highest BCUT2D eigenvalue weighted by Crippen LogP contribution is 2.44. The number of nitrogens with zero attached hydrogens (tertiary/aromatic N) is 4. The molecule has 0 N–H and O–H groups in total. The van der Waals surface area contributed by atoms with Crippen molar-refractivity contribution >= 4 is 86.8 Å². The minimum Gasteiger partial charge on any atom is -0.454 e. The minimum atomic E-state index is 0.588. The van der Waals surface area contributed by atoms with Crippen molar-refractivity contribution in [1.29, 1.82) is 0 Å². The van der Waals surface area contributed by atoms with E-state index in [0.29, 0.717) is 17.5 Å². The van der Waals surface area contributed by atoms with E-state index in [9.17, 15) is 0 Å². The van der Waals surface area contributed by atoms with E-state index in [1.165, 1.54) is 43.1 Å². The molecule has 0 aliphatic carbocycles. The van der Waals surface area contributed by atoms with Crippen LogP contribution in [0.25, 0.3) is 127 Å². The van der Waals surface area contributed by atoms with Crippen molar-refractivity contribution in [3.05, 3.63) is 194 Å². The average molecular weight is 765 g/mol. The van der Waals surface area contributed by atoms with Crippen molar-refractivity contribution in [2.24, 2.45) is 0 Å². The van der Waals surface area contributed by atoms with Gasteiger partial charge in [-0.2, -0.15) is 0 Å². The van der Waals surface area contributed by atoms with Gasteiger partial charge in [-0.15, -0.1) is 0 Å². The molecule has 3 aromatic heterocycles. The molecule has 0 fully saturated rings.